The first-order chi connectivity index (χ1) is 10.2. The minimum atomic E-state index is 0.0160. The zero-order valence-corrected chi connectivity index (χ0v) is 12.5. The summed E-state index contributed by atoms with van der Waals surface area (Å²) in [4.78, 5) is 14.9. The summed E-state index contributed by atoms with van der Waals surface area (Å²) in [6.07, 6.45) is 6.11. The Labute approximate surface area is 128 Å². The van der Waals surface area contributed by atoms with Gasteiger partial charge in [0, 0.05) is 42.6 Å². The van der Waals surface area contributed by atoms with Crippen molar-refractivity contribution in [3.05, 3.63) is 41.2 Å². The molecule has 4 rings (SSSR count). The maximum absolute atomic E-state index is 12.4. The van der Waals surface area contributed by atoms with E-state index in [1.807, 2.05) is 35.0 Å². The van der Waals surface area contributed by atoms with Crippen molar-refractivity contribution in [3.8, 4) is 0 Å². The average Bonchev–Trinajstić information content (AvgIpc) is 2.99. The standard InChI is InChI=1S/C16H18ClN3O/c17-13-7-15-6-12(2-4-20(15)9-13)16(21)18-14-5-11-1-3-19(8-11)10-14/h2,4,6-7,9,11,14H,1,3,5,8,10H2,(H,18,21)/t11-,14+/m0/s1. The monoisotopic (exact) mass is 303 g/mol. The summed E-state index contributed by atoms with van der Waals surface area (Å²) in [7, 11) is 0. The smallest absolute Gasteiger partial charge is 0.251 e. The largest absolute Gasteiger partial charge is 0.348 e. The Morgan fingerprint density at radius 3 is 3.10 bits per heavy atom. The molecule has 2 saturated heterocycles. The summed E-state index contributed by atoms with van der Waals surface area (Å²) in [5.41, 5.74) is 1.64. The molecule has 0 spiro atoms. The van der Waals surface area contributed by atoms with Crippen LogP contribution in [0.2, 0.25) is 5.02 Å². The van der Waals surface area contributed by atoms with Gasteiger partial charge in [0.05, 0.1) is 5.02 Å². The molecule has 110 valence electrons. The van der Waals surface area contributed by atoms with E-state index in [0.29, 0.717) is 10.6 Å². The fourth-order valence-electron chi connectivity index (χ4n) is 3.65. The number of amides is 1. The van der Waals surface area contributed by atoms with Crippen LogP contribution in [0.15, 0.2) is 30.6 Å². The first kappa shape index (κ1) is 13.2. The summed E-state index contributed by atoms with van der Waals surface area (Å²) < 4.78 is 1.92. The number of hydrogen-bond donors (Lipinski definition) is 1. The van der Waals surface area contributed by atoms with Crippen LogP contribution in [0.5, 0.6) is 0 Å². The molecule has 0 aliphatic carbocycles. The number of carbonyl (C=O) groups excluding carboxylic acids is 1. The molecule has 2 aromatic heterocycles. The minimum absolute atomic E-state index is 0.0160. The fourth-order valence-corrected chi connectivity index (χ4v) is 3.86. The van der Waals surface area contributed by atoms with Crippen molar-refractivity contribution in [2.75, 3.05) is 19.6 Å². The number of halogens is 1. The van der Waals surface area contributed by atoms with E-state index in [1.165, 1.54) is 19.5 Å². The quantitative estimate of drug-likeness (QED) is 0.925. The zero-order valence-electron chi connectivity index (χ0n) is 11.8. The van der Waals surface area contributed by atoms with Crippen molar-refractivity contribution >= 4 is 23.0 Å². The number of hydrogen-bond acceptors (Lipinski definition) is 2. The number of nitrogens with zero attached hydrogens (tertiary/aromatic N) is 2. The molecule has 1 unspecified atom stereocenters. The van der Waals surface area contributed by atoms with Gasteiger partial charge in [-0.25, -0.2) is 0 Å². The number of aromatic nitrogens is 1. The molecule has 2 bridgehead atoms. The highest BCUT2D eigenvalue weighted by atomic mass is 35.5. The van der Waals surface area contributed by atoms with Gasteiger partial charge >= 0.3 is 0 Å². The van der Waals surface area contributed by atoms with Crippen molar-refractivity contribution in [1.82, 2.24) is 14.6 Å². The van der Waals surface area contributed by atoms with Crippen LogP contribution in [-0.4, -0.2) is 40.9 Å². The fraction of sp³-hybridized carbons (Fsp3) is 0.438. The third-order valence-corrected chi connectivity index (χ3v) is 4.83. The van der Waals surface area contributed by atoms with E-state index in [4.69, 9.17) is 11.6 Å². The van der Waals surface area contributed by atoms with Gasteiger partial charge in [-0.2, -0.15) is 0 Å². The molecule has 4 heterocycles. The van der Waals surface area contributed by atoms with Crippen LogP contribution in [0, 0.1) is 5.92 Å². The van der Waals surface area contributed by atoms with Gasteiger partial charge in [-0.3, -0.25) is 4.79 Å². The Balaban J connectivity index is 1.50. The van der Waals surface area contributed by atoms with E-state index >= 15 is 0 Å². The van der Waals surface area contributed by atoms with E-state index < -0.39 is 0 Å². The molecule has 2 fully saturated rings. The molecule has 1 N–H and O–H groups in total. The van der Waals surface area contributed by atoms with Crippen LogP contribution in [0.1, 0.15) is 23.2 Å². The van der Waals surface area contributed by atoms with Crippen molar-refractivity contribution in [2.24, 2.45) is 5.92 Å². The second-order valence-electron chi connectivity index (χ2n) is 6.23. The molecule has 2 aliphatic heterocycles. The molecule has 5 heteroatoms. The summed E-state index contributed by atoms with van der Waals surface area (Å²) in [5.74, 6) is 0.776. The van der Waals surface area contributed by atoms with E-state index in [1.54, 1.807) is 0 Å². The highest BCUT2D eigenvalue weighted by Gasteiger charge is 2.32. The normalized spacial score (nSPS) is 28.0. The van der Waals surface area contributed by atoms with Crippen molar-refractivity contribution in [3.63, 3.8) is 0 Å². The van der Waals surface area contributed by atoms with E-state index in [2.05, 4.69) is 10.2 Å². The molecule has 2 aromatic rings. The number of pyridine rings is 1. The van der Waals surface area contributed by atoms with Crippen molar-refractivity contribution in [1.29, 1.82) is 0 Å². The van der Waals surface area contributed by atoms with Crippen LogP contribution in [0.25, 0.3) is 5.52 Å². The second kappa shape index (κ2) is 5.04. The van der Waals surface area contributed by atoms with Gasteiger partial charge in [-0.05, 0) is 43.5 Å². The molecule has 21 heavy (non-hydrogen) atoms. The van der Waals surface area contributed by atoms with Crippen LogP contribution < -0.4 is 5.32 Å². The molecule has 0 saturated carbocycles. The molecule has 4 nitrogen and oxygen atoms in total. The molecular weight excluding hydrogens is 286 g/mol. The predicted octanol–water partition coefficient (Wildman–Crippen LogP) is 2.42. The van der Waals surface area contributed by atoms with Gasteiger partial charge in [-0.1, -0.05) is 11.6 Å². The van der Waals surface area contributed by atoms with E-state index in [9.17, 15) is 4.79 Å². The topological polar surface area (TPSA) is 36.8 Å². The van der Waals surface area contributed by atoms with Gasteiger partial charge in [0.1, 0.15) is 0 Å². The number of carbonyl (C=O) groups is 1. The van der Waals surface area contributed by atoms with Crippen LogP contribution >= 0.6 is 11.6 Å². The van der Waals surface area contributed by atoms with Gasteiger partial charge in [-0.15, -0.1) is 0 Å². The molecule has 0 radical (unpaired) electrons. The Hall–Kier alpha value is -1.52. The molecule has 3 atom stereocenters. The highest BCUT2D eigenvalue weighted by Crippen LogP contribution is 2.27. The van der Waals surface area contributed by atoms with Crippen molar-refractivity contribution in [2.45, 2.75) is 18.9 Å². The highest BCUT2D eigenvalue weighted by molar-refractivity contribution is 6.31. The SMILES string of the molecule is O=C(N[C@@H]1C[C@@H]2CCN(C2)C1)c1ccn2cc(Cl)cc2c1. The Morgan fingerprint density at radius 2 is 2.24 bits per heavy atom. The van der Waals surface area contributed by atoms with Gasteiger partial charge in [0.25, 0.3) is 5.91 Å². The number of rotatable bonds is 2. The zero-order chi connectivity index (χ0) is 14.4. The summed E-state index contributed by atoms with van der Waals surface area (Å²) in [6.45, 7) is 3.38. The van der Waals surface area contributed by atoms with Crippen molar-refractivity contribution < 1.29 is 4.79 Å². The van der Waals surface area contributed by atoms with E-state index in [-0.39, 0.29) is 11.9 Å². The Bertz CT molecular complexity index is 684. The lowest BCUT2D eigenvalue weighted by Crippen LogP contribution is -2.47. The lowest BCUT2D eigenvalue weighted by molar-refractivity contribution is 0.0909. The first-order valence-corrected chi connectivity index (χ1v) is 7.86. The molecule has 2 aliphatic rings. The minimum Gasteiger partial charge on any atom is -0.348 e. The predicted molar refractivity (Wildman–Crippen MR) is 82.8 cm³/mol. The van der Waals surface area contributed by atoms with Gasteiger partial charge < -0.3 is 14.6 Å². The van der Waals surface area contributed by atoms with Gasteiger partial charge in [0.15, 0.2) is 0 Å². The maximum atomic E-state index is 12.4. The average molecular weight is 304 g/mol. The number of fused-ring (bicyclic) bond motifs is 3. The lowest BCUT2D eigenvalue weighted by Gasteiger charge is -2.30. The molecular formula is C16H18ClN3O. The van der Waals surface area contributed by atoms with E-state index in [0.717, 1.165) is 24.4 Å². The third kappa shape index (κ3) is 2.54. The second-order valence-corrected chi connectivity index (χ2v) is 6.66. The Kier molecular flexibility index (Phi) is 3.16. The maximum Gasteiger partial charge on any atom is 0.251 e. The number of piperidine rings is 1. The summed E-state index contributed by atoms with van der Waals surface area (Å²) in [6, 6.07) is 5.88. The number of nitrogens with one attached hydrogen (secondary N) is 1. The molecule has 1 amide bonds. The van der Waals surface area contributed by atoms with Gasteiger partial charge in [0.2, 0.25) is 0 Å². The molecule has 0 aromatic carbocycles. The first-order valence-electron chi connectivity index (χ1n) is 7.48. The summed E-state index contributed by atoms with van der Waals surface area (Å²) in [5, 5.41) is 3.87. The van der Waals surface area contributed by atoms with Crippen LogP contribution in [-0.2, 0) is 0 Å². The van der Waals surface area contributed by atoms with Crippen LogP contribution in [0.3, 0.4) is 0 Å². The summed E-state index contributed by atoms with van der Waals surface area (Å²) >= 11 is 5.98. The lowest BCUT2D eigenvalue weighted by atomic mass is 9.96. The van der Waals surface area contributed by atoms with Crippen LogP contribution in [0.4, 0.5) is 0 Å². The third-order valence-electron chi connectivity index (χ3n) is 4.63. The Morgan fingerprint density at radius 1 is 1.33 bits per heavy atom.